The Morgan fingerprint density at radius 2 is 1.92 bits per heavy atom. The normalized spacial score (nSPS) is 16.1. The molecular weight excluding hydrogens is 382 g/mol. The van der Waals surface area contributed by atoms with E-state index in [1.165, 1.54) is 11.1 Å². The van der Waals surface area contributed by atoms with Crippen LogP contribution in [0.25, 0.3) is 0 Å². The predicted octanol–water partition coefficient (Wildman–Crippen LogP) is 3.40. The maximum Gasteiger partial charge on any atom is 0.410 e. The average Bonchev–Trinajstić information content (AvgIpc) is 2.52. The number of amides is 1. The zero-order valence-electron chi connectivity index (χ0n) is 15.8. The number of ether oxygens (including phenoxy) is 1. The largest absolute Gasteiger partial charge is 0.444 e. The van der Waals surface area contributed by atoms with Gasteiger partial charge in [0.1, 0.15) is 5.60 Å². The zero-order chi connectivity index (χ0) is 18.4. The number of benzene rings is 1. The molecule has 0 unspecified atom stereocenters. The van der Waals surface area contributed by atoms with Crippen LogP contribution in [-0.2, 0) is 11.3 Å². The van der Waals surface area contributed by atoms with Gasteiger partial charge in [0, 0.05) is 50.3 Å². The third-order valence-corrected chi connectivity index (χ3v) is 4.89. The van der Waals surface area contributed by atoms with Crippen LogP contribution >= 0.6 is 15.9 Å². The number of hydrogen-bond acceptors (Lipinski definition) is 4. The number of halogens is 1. The molecule has 140 valence electrons. The number of piperazine rings is 1. The van der Waals surface area contributed by atoms with Crippen molar-refractivity contribution >= 4 is 22.0 Å². The standard InChI is InChI=1S/C19H30BrN3O2/c1-15-5-6-16(17(20)13-15)14-21-7-8-22-9-11-23(12-10-22)18(24)25-19(2,3)4/h5-6,13,21H,7-12,14H2,1-4H3. The zero-order valence-corrected chi connectivity index (χ0v) is 17.4. The predicted molar refractivity (Wildman–Crippen MR) is 105 cm³/mol. The molecule has 6 heteroatoms. The highest BCUT2D eigenvalue weighted by Gasteiger charge is 2.25. The number of aryl methyl sites for hydroxylation is 1. The summed E-state index contributed by atoms with van der Waals surface area (Å²) < 4.78 is 6.59. The first-order valence-corrected chi connectivity index (χ1v) is 9.70. The van der Waals surface area contributed by atoms with Crippen molar-refractivity contribution in [1.29, 1.82) is 0 Å². The van der Waals surface area contributed by atoms with E-state index in [1.54, 1.807) is 4.90 Å². The molecule has 1 aromatic rings. The minimum absolute atomic E-state index is 0.200. The van der Waals surface area contributed by atoms with E-state index in [1.807, 2.05) is 20.8 Å². The van der Waals surface area contributed by atoms with Crippen LogP contribution in [-0.4, -0.2) is 60.8 Å². The highest BCUT2D eigenvalue weighted by molar-refractivity contribution is 9.10. The summed E-state index contributed by atoms with van der Waals surface area (Å²) in [6, 6.07) is 6.44. The first-order valence-electron chi connectivity index (χ1n) is 8.90. The third kappa shape index (κ3) is 6.96. The monoisotopic (exact) mass is 411 g/mol. The summed E-state index contributed by atoms with van der Waals surface area (Å²) in [7, 11) is 0. The van der Waals surface area contributed by atoms with Crippen LogP contribution in [0.3, 0.4) is 0 Å². The Balaban J connectivity index is 1.65. The first kappa shape index (κ1) is 20.2. The summed E-state index contributed by atoms with van der Waals surface area (Å²) in [6.45, 7) is 13.9. The minimum atomic E-state index is -0.428. The molecular formula is C19H30BrN3O2. The van der Waals surface area contributed by atoms with Gasteiger partial charge in [0.25, 0.3) is 0 Å². The molecule has 25 heavy (non-hydrogen) atoms. The van der Waals surface area contributed by atoms with Gasteiger partial charge in [0.05, 0.1) is 0 Å². The highest BCUT2D eigenvalue weighted by Crippen LogP contribution is 2.18. The van der Waals surface area contributed by atoms with Crippen LogP contribution in [0, 0.1) is 6.92 Å². The molecule has 0 radical (unpaired) electrons. The Bertz CT molecular complexity index is 579. The van der Waals surface area contributed by atoms with Crippen molar-refractivity contribution in [2.45, 2.75) is 39.8 Å². The quantitative estimate of drug-likeness (QED) is 0.753. The van der Waals surface area contributed by atoms with E-state index in [4.69, 9.17) is 4.74 Å². The number of nitrogens with zero attached hydrogens (tertiary/aromatic N) is 2. The summed E-state index contributed by atoms with van der Waals surface area (Å²) in [4.78, 5) is 16.3. The van der Waals surface area contributed by atoms with Gasteiger partial charge < -0.3 is 15.0 Å². The van der Waals surface area contributed by atoms with E-state index in [9.17, 15) is 4.79 Å². The van der Waals surface area contributed by atoms with Crippen LogP contribution in [0.2, 0.25) is 0 Å². The van der Waals surface area contributed by atoms with Crippen LogP contribution < -0.4 is 5.32 Å². The van der Waals surface area contributed by atoms with Gasteiger partial charge in [0.2, 0.25) is 0 Å². The first-order chi connectivity index (χ1) is 11.7. The average molecular weight is 412 g/mol. The second-order valence-corrected chi connectivity index (χ2v) is 8.44. The van der Waals surface area contributed by atoms with Crippen LogP contribution in [0.5, 0.6) is 0 Å². The number of nitrogens with one attached hydrogen (secondary N) is 1. The molecule has 1 saturated heterocycles. The summed E-state index contributed by atoms with van der Waals surface area (Å²) in [5.41, 5.74) is 2.11. The topological polar surface area (TPSA) is 44.8 Å². The Labute approximate surface area is 159 Å². The molecule has 1 N–H and O–H groups in total. The lowest BCUT2D eigenvalue weighted by atomic mass is 10.1. The Hall–Kier alpha value is -1.11. The van der Waals surface area contributed by atoms with E-state index in [0.29, 0.717) is 0 Å². The molecule has 0 atom stereocenters. The van der Waals surface area contributed by atoms with Crippen molar-refractivity contribution in [3.8, 4) is 0 Å². The van der Waals surface area contributed by atoms with E-state index < -0.39 is 5.60 Å². The van der Waals surface area contributed by atoms with Gasteiger partial charge in [-0.2, -0.15) is 0 Å². The molecule has 1 aliphatic rings. The summed E-state index contributed by atoms with van der Waals surface area (Å²) in [5.74, 6) is 0. The smallest absolute Gasteiger partial charge is 0.410 e. The third-order valence-electron chi connectivity index (χ3n) is 4.15. The highest BCUT2D eigenvalue weighted by atomic mass is 79.9. The van der Waals surface area contributed by atoms with Gasteiger partial charge in [0.15, 0.2) is 0 Å². The summed E-state index contributed by atoms with van der Waals surface area (Å²) >= 11 is 3.62. The second kappa shape index (κ2) is 9.01. The summed E-state index contributed by atoms with van der Waals surface area (Å²) in [6.07, 6.45) is -0.200. The van der Waals surface area contributed by atoms with Crippen molar-refractivity contribution in [1.82, 2.24) is 15.1 Å². The van der Waals surface area contributed by atoms with Gasteiger partial charge in [-0.25, -0.2) is 4.79 Å². The fourth-order valence-corrected chi connectivity index (χ4v) is 3.37. The van der Waals surface area contributed by atoms with E-state index >= 15 is 0 Å². The van der Waals surface area contributed by atoms with Crippen molar-refractivity contribution < 1.29 is 9.53 Å². The Morgan fingerprint density at radius 1 is 1.24 bits per heavy atom. The molecule has 0 aromatic heterocycles. The van der Waals surface area contributed by atoms with Crippen LogP contribution in [0.4, 0.5) is 4.79 Å². The fraction of sp³-hybridized carbons (Fsp3) is 0.632. The van der Waals surface area contributed by atoms with Gasteiger partial charge >= 0.3 is 6.09 Å². The van der Waals surface area contributed by atoms with Gasteiger partial charge in [-0.05, 0) is 44.9 Å². The lowest BCUT2D eigenvalue weighted by Gasteiger charge is -2.35. The maximum absolute atomic E-state index is 12.1. The van der Waals surface area contributed by atoms with Crippen molar-refractivity contribution in [2.24, 2.45) is 0 Å². The molecule has 2 rings (SSSR count). The number of carbonyl (C=O) groups excluding carboxylic acids is 1. The van der Waals surface area contributed by atoms with Gasteiger partial charge in [-0.15, -0.1) is 0 Å². The van der Waals surface area contributed by atoms with Crippen molar-refractivity contribution in [3.63, 3.8) is 0 Å². The molecule has 1 fully saturated rings. The lowest BCUT2D eigenvalue weighted by Crippen LogP contribution is -2.51. The fourth-order valence-electron chi connectivity index (χ4n) is 2.74. The Kier molecular flexibility index (Phi) is 7.28. The molecule has 1 aromatic carbocycles. The summed E-state index contributed by atoms with van der Waals surface area (Å²) in [5, 5.41) is 3.50. The molecule has 1 aliphatic heterocycles. The maximum atomic E-state index is 12.1. The van der Waals surface area contributed by atoms with Crippen LogP contribution in [0.1, 0.15) is 31.9 Å². The van der Waals surface area contributed by atoms with E-state index in [-0.39, 0.29) is 6.09 Å². The molecule has 0 spiro atoms. The SMILES string of the molecule is Cc1ccc(CNCCN2CCN(C(=O)OC(C)(C)C)CC2)c(Br)c1. The molecule has 0 aliphatic carbocycles. The molecule has 0 bridgehead atoms. The lowest BCUT2D eigenvalue weighted by molar-refractivity contribution is 0.0146. The molecule has 1 heterocycles. The number of rotatable bonds is 5. The van der Waals surface area contributed by atoms with Gasteiger partial charge in [-0.3, -0.25) is 4.90 Å². The molecule has 5 nitrogen and oxygen atoms in total. The molecule has 0 saturated carbocycles. The molecule has 1 amide bonds. The van der Waals surface area contributed by atoms with Crippen molar-refractivity contribution in [3.05, 3.63) is 33.8 Å². The van der Waals surface area contributed by atoms with Crippen LogP contribution in [0.15, 0.2) is 22.7 Å². The minimum Gasteiger partial charge on any atom is -0.444 e. The Morgan fingerprint density at radius 3 is 2.52 bits per heavy atom. The van der Waals surface area contributed by atoms with E-state index in [0.717, 1.165) is 50.3 Å². The van der Waals surface area contributed by atoms with E-state index in [2.05, 4.69) is 51.3 Å². The van der Waals surface area contributed by atoms with Gasteiger partial charge in [-0.1, -0.05) is 28.1 Å². The van der Waals surface area contributed by atoms with Crippen molar-refractivity contribution in [2.75, 3.05) is 39.3 Å². The number of hydrogen-bond donors (Lipinski definition) is 1. The second-order valence-electron chi connectivity index (χ2n) is 7.58. The number of carbonyl (C=O) groups is 1.